The van der Waals surface area contributed by atoms with Gasteiger partial charge in [0.05, 0.1) is 6.10 Å². The van der Waals surface area contributed by atoms with Gasteiger partial charge in [0.1, 0.15) is 6.61 Å². The van der Waals surface area contributed by atoms with Gasteiger partial charge < -0.3 is 14.8 Å². The van der Waals surface area contributed by atoms with Crippen molar-refractivity contribution in [2.75, 3.05) is 19.8 Å². The van der Waals surface area contributed by atoms with Crippen LogP contribution in [0.15, 0.2) is 18.3 Å². The zero-order valence-electron chi connectivity index (χ0n) is 11.0. The highest BCUT2D eigenvalue weighted by atomic mass is 16.5. The smallest absolute Gasteiger partial charge is 0.213 e. The fourth-order valence-electron chi connectivity index (χ4n) is 1.99. The molecule has 1 unspecified atom stereocenters. The molecule has 0 aliphatic carbocycles. The summed E-state index contributed by atoms with van der Waals surface area (Å²) in [7, 11) is 0. The first kappa shape index (κ1) is 13.3. The van der Waals surface area contributed by atoms with Gasteiger partial charge in [-0.3, -0.25) is 0 Å². The SMILES string of the molecule is CCNCc1ccc(OCC2CCCCO2)nc1. The number of ether oxygens (including phenoxy) is 2. The van der Waals surface area contributed by atoms with Crippen molar-refractivity contribution >= 4 is 0 Å². The fourth-order valence-corrected chi connectivity index (χ4v) is 1.99. The molecule has 0 radical (unpaired) electrons. The van der Waals surface area contributed by atoms with E-state index in [0.717, 1.165) is 26.1 Å². The highest BCUT2D eigenvalue weighted by molar-refractivity contribution is 5.17. The summed E-state index contributed by atoms with van der Waals surface area (Å²) in [6.45, 7) is 5.39. The molecule has 1 aromatic heterocycles. The quantitative estimate of drug-likeness (QED) is 0.840. The number of aromatic nitrogens is 1. The van der Waals surface area contributed by atoms with Gasteiger partial charge in [-0.1, -0.05) is 13.0 Å². The summed E-state index contributed by atoms with van der Waals surface area (Å²) in [5, 5.41) is 3.27. The maximum absolute atomic E-state index is 5.65. The van der Waals surface area contributed by atoms with Gasteiger partial charge in [-0.25, -0.2) is 4.98 Å². The standard InChI is InChI=1S/C14H22N2O2/c1-2-15-9-12-6-7-14(16-10-12)18-11-13-5-3-4-8-17-13/h6-7,10,13,15H,2-5,8-9,11H2,1H3. The molecule has 1 atom stereocenters. The molecule has 0 bridgehead atoms. The largest absolute Gasteiger partial charge is 0.475 e. The van der Waals surface area contributed by atoms with E-state index in [1.54, 1.807) is 0 Å². The second-order valence-corrected chi connectivity index (χ2v) is 4.58. The van der Waals surface area contributed by atoms with Crippen molar-refractivity contribution < 1.29 is 9.47 Å². The van der Waals surface area contributed by atoms with Crippen molar-refractivity contribution in [3.8, 4) is 5.88 Å². The third kappa shape index (κ3) is 4.27. The van der Waals surface area contributed by atoms with Crippen molar-refractivity contribution in [3.05, 3.63) is 23.9 Å². The Bertz CT molecular complexity index is 334. The van der Waals surface area contributed by atoms with Gasteiger partial charge in [0, 0.05) is 25.4 Å². The van der Waals surface area contributed by atoms with Gasteiger partial charge in [-0.2, -0.15) is 0 Å². The average molecular weight is 250 g/mol. The first-order valence-corrected chi connectivity index (χ1v) is 6.78. The number of hydrogen-bond acceptors (Lipinski definition) is 4. The first-order valence-electron chi connectivity index (χ1n) is 6.78. The number of hydrogen-bond donors (Lipinski definition) is 1. The molecule has 4 heteroatoms. The van der Waals surface area contributed by atoms with Gasteiger partial charge >= 0.3 is 0 Å². The van der Waals surface area contributed by atoms with E-state index in [0.29, 0.717) is 12.5 Å². The average Bonchev–Trinajstić information content (AvgIpc) is 2.45. The minimum atomic E-state index is 0.238. The van der Waals surface area contributed by atoms with Crippen LogP contribution in [0.4, 0.5) is 0 Å². The fraction of sp³-hybridized carbons (Fsp3) is 0.643. The predicted octanol–water partition coefficient (Wildman–Crippen LogP) is 2.14. The molecular formula is C14H22N2O2. The van der Waals surface area contributed by atoms with Gasteiger partial charge in [0.2, 0.25) is 5.88 Å². The third-order valence-corrected chi connectivity index (χ3v) is 3.07. The molecule has 1 aliphatic rings. The van der Waals surface area contributed by atoms with Gasteiger partial charge in [0.15, 0.2) is 0 Å². The molecule has 2 heterocycles. The minimum Gasteiger partial charge on any atom is -0.475 e. The predicted molar refractivity (Wildman–Crippen MR) is 70.7 cm³/mol. The van der Waals surface area contributed by atoms with Crippen LogP contribution in [0, 0.1) is 0 Å². The number of nitrogens with zero attached hydrogens (tertiary/aromatic N) is 1. The summed E-state index contributed by atoms with van der Waals surface area (Å²) >= 11 is 0. The summed E-state index contributed by atoms with van der Waals surface area (Å²) in [6, 6.07) is 3.97. The topological polar surface area (TPSA) is 43.4 Å². The molecule has 1 fully saturated rings. The van der Waals surface area contributed by atoms with E-state index in [1.165, 1.54) is 18.4 Å². The lowest BCUT2D eigenvalue weighted by atomic mass is 10.1. The lowest BCUT2D eigenvalue weighted by Crippen LogP contribution is -2.26. The van der Waals surface area contributed by atoms with Crippen LogP contribution in [0.2, 0.25) is 0 Å². The Morgan fingerprint density at radius 3 is 3.06 bits per heavy atom. The van der Waals surface area contributed by atoms with E-state index >= 15 is 0 Å². The van der Waals surface area contributed by atoms with Gasteiger partial charge in [0.25, 0.3) is 0 Å². The summed E-state index contributed by atoms with van der Waals surface area (Å²) < 4.78 is 11.3. The second-order valence-electron chi connectivity index (χ2n) is 4.58. The van der Waals surface area contributed by atoms with Crippen molar-refractivity contribution in [3.63, 3.8) is 0 Å². The normalized spacial score (nSPS) is 19.7. The molecule has 1 N–H and O–H groups in total. The van der Waals surface area contributed by atoms with E-state index in [1.807, 2.05) is 18.3 Å². The monoisotopic (exact) mass is 250 g/mol. The molecule has 0 amide bonds. The Morgan fingerprint density at radius 1 is 1.44 bits per heavy atom. The second kappa shape index (κ2) is 7.34. The molecule has 1 aliphatic heterocycles. The van der Waals surface area contributed by atoms with Crippen molar-refractivity contribution in [1.29, 1.82) is 0 Å². The maximum atomic E-state index is 5.65. The Morgan fingerprint density at radius 2 is 2.39 bits per heavy atom. The van der Waals surface area contributed by atoms with Gasteiger partial charge in [-0.05, 0) is 31.4 Å². The third-order valence-electron chi connectivity index (χ3n) is 3.07. The first-order chi connectivity index (χ1) is 8.88. The van der Waals surface area contributed by atoms with E-state index in [9.17, 15) is 0 Å². The lowest BCUT2D eigenvalue weighted by Gasteiger charge is -2.22. The van der Waals surface area contributed by atoms with Crippen molar-refractivity contribution in [2.45, 2.75) is 38.8 Å². The molecule has 2 rings (SSSR count). The van der Waals surface area contributed by atoms with Crippen LogP contribution in [0.1, 0.15) is 31.7 Å². The Kier molecular flexibility index (Phi) is 5.42. The summed E-state index contributed by atoms with van der Waals surface area (Å²) in [5.41, 5.74) is 1.18. The van der Waals surface area contributed by atoms with Crippen LogP contribution < -0.4 is 10.1 Å². The summed E-state index contributed by atoms with van der Waals surface area (Å²) in [6.07, 6.45) is 5.61. The molecular weight excluding hydrogens is 228 g/mol. The van der Waals surface area contributed by atoms with Crippen LogP contribution >= 0.6 is 0 Å². The molecule has 0 aromatic carbocycles. The maximum Gasteiger partial charge on any atom is 0.213 e. The van der Waals surface area contributed by atoms with Crippen LogP contribution in [0.3, 0.4) is 0 Å². The van der Waals surface area contributed by atoms with E-state index < -0.39 is 0 Å². The highest BCUT2D eigenvalue weighted by Gasteiger charge is 2.14. The molecule has 4 nitrogen and oxygen atoms in total. The molecule has 18 heavy (non-hydrogen) atoms. The Balaban J connectivity index is 1.75. The molecule has 1 aromatic rings. The molecule has 0 spiro atoms. The van der Waals surface area contributed by atoms with Crippen molar-refractivity contribution in [2.24, 2.45) is 0 Å². The van der Waals surface area contributed by atoms with Crippen LogP contribution in [-0.4, -0.2) is 30.8 Å². The Labute approximate surface area is 109 Å². The highest BCUT2D eigenvalue weighted by Crippen LogP contribution is 2.14. The number of pyridine rings is 1. The lowest BCUT2D eigenvalue weighted by molar-refractivity contribution is -0.0119. The summed E-state index contributed by atoms with van der Waals surface area (Å²) in [4.78, 5) is 4.30. The number of rotatable bonds is 6. The molecule has 100 valence electrons. The van der Waals surface area contributed by atoms with Crippen molar-refractivity contribution in [1.82, 2.24) is 10.3 Å². The zero-order valence-corrected chi connectivity index (χ0v) is 11.0. The van der Waals surface area contributed by atoms with E-state index in [2.05, 4.69) is 17.2 Å². The van der Waals surface area contributed by atoms with Crippen LogP contribution in [0.25, 0.3) is 0 Å². The Hall–Kier alpha value is -1.13. The molecule has 0 saturated carbocycles. The molecule has 1 saturated heterocycles. The van der Waals surface area contributed by atoms with Crippen LogP contribution in [-0.2, 0) is 11.3 Å². The summed E-state index contributed by atoms with van der Waals surface area (Å²) in [5.74, 6) is 0.685. The van der Waals surface area contributed by atoms with E-state index in [4.69, 9.17) is 9.47 Å². The minimum absolute atomic E-state index is 0.238. The van der Waals surface area contributed by atoms with Crippen LogP contribution in [0.5, 0.6) is 5.88 Å². The van der Waals surface area contributed by atoms with Gasteiger partial charge in [-0.15, -0.1) is 0 Å². The zero-order chi connectivity index (χ0) is 12.6. The van der Waals surface area contributed by atoms with E-state index in [-0.39, 0.29) is 6.10 Å². The number of nitrogens with one attached hydrogen (secondary N) is 1.